The zero-order valence-corrected chi connectivity index (χ0v) is 11.7. The smallest absolute Gasteiger partial charge is 0.243 e. The van der Waals surface area contributed by atoms with E-state index in [4.69, 9.17) is 11.6 Å². The lowest BCUT2D eigenvalue weighted by molar-refractivity contribution is -0.114. The third-order valence-electron chi connectivity index (χ3n) is 2.73. The van der Waals surface area contributed by atoms with E-state index in [1.807, 2.05) is 13.0 Å². The number of hydrogen-bond acceptors (Lipinski definition) is 2. The zero-order chi connectivity index (χ0) is 14.5. The molecule has 0 aliphatic carbocycles. The van der Waals surface area contributed by atoms with E-state index in [2.05, 4.69) is 10.6 Å². The van der Waals surface area contributed by atoms with E-state index >= 15 is 0 Å². The Hall–Kier alpha value is -2.07. The molecule has 1 amide bonds. The highest BCUT2D eigenvalue weighted by molar-refractivity contribution is 6.31. The molecule has 0 radical (unpaired) electrons. The Balaban J connectivity index is 1.91. The fourth-order valence-corrected chi connectivity index (χ4v) is 1.84. The molecule has 0 fully saturated rings. The lowest BCUT2D eigenvalue weighted by Gasteiger charge is -2.09. The maximum absolute atomic E-state index is 13.0. The first kappa shape index (κ1) is 14.3. The summed E-state index contributed by atoms with van der Waals surface area (Å²) in [6, 6.07) is 11.3. The van der Waals surface area contributed by atoms with Crippen LogP contribution in [0.4, 0.5) is 15.8 Å². The standard InChI is InChI=1S/C15H14ClFN2O/c1-10-5-6-13(8-14(10)16)19-15(20)9-18-12-4-2-3-11(17)7-12/h2-8,18H,9H2,1H3,(H,19,20). The Morgan fingerprint density at radius 2 is 2.00 bits per heavy atom. The van der Waals surface area contributed by atoms with Crippen LogP contribution in [-0.4, -0.2) is 12.5 Å². The summed E-state index contributed by atoms with van der Waals surface area (Å²) in [5.74, 6) is -0.574. The molecule has 0 heterocycles. The van der Waals surface area contributed by atoms with Crippen LogP contribution >= 0.6 is 11.6 Å². The van der Waals surface area contributed by atoms with Crippen LogP contribution < -0.4 is 10.6 Å². The van der Waals surface area contributed by atoms with Crippen molar-refractivity contribution in [3.63, 3.8) is 0 Å². The van der Waals surface area contributed by atoms with Crippen LogP contribution in [0.3, 0.4) is 0 Å². The summed E-state index contributed by atoms with van der Waals surface area (Å²) < 4.78 is 13.0. The van der Waals surface area contributed by atoms with E-state index in [0.29, 0.717) is 16.4 Å². The second kappa shape index (κ2) is 6.39. The number of anilines is 2. The van der Waals surface area contributed by atoms with E-state index in [1.54, 1.807) is 24.3 Å². The van der Waals surface area contributed by atoms with Crippen LogP contribution in [0.2, 0.25) is 5.02 Å². The number of halogens is 2. The number of benzene rings is 2. The van der Waals surface area contributed by atoms with Gasteiger partial charge in [-0.3, -0.25) is 4.79 Å². The van der Waals surface area contributed by atoms with Crippen LogP contribution in [0.1, 0.15) is 5.56 Å². The molecule has 0 atom stereocenters. The number of rotatable bonds is 4. The van der Waals surface area contributed by atoms with Gasteiger partial charge in [0, 0.05) is 16.4 Å². The molecule has 2 aromatic carbocycles. The summed E-state index contributed by atoms with van der Waals surface area (Å²) in [5.41, 5.74) is 2.14. The Kier molecular flexibility index (Phi) is 4.58. The molecular formula is C15H14ClFN2O. The molecule has 20 heavy (non-hydrogen) atoms. The van der Waals surface area contributed by atoms with Gasteiger partial charge >= 0.3 is 0 Å². The van der Waals surface area contributed by atoms with Gasteiger partial charge in [-0.15, -0.1) is 0 Å². The lowest BCUT2D eigenvalue weighted by atomic mass is 10.2. The van der Waals surface area contributed by atoms with Crippen LogP contribution in [0.15, 0.2) is 42.5 Å². The van der Waals surface area contributed by atoms with E-state index in [1.165, 1.54) is 12.1 Å². The molecular weight excluding hydrogens is 279 g/mol. The number of amides is 1. The molecule has 0 aromatic heterocycles. The highest BCUT2D eigenvalue weighted by Crippen LogP contribution is 2.19. The van der Waals surface area contributed by atoms with Gasteiger partial charge in [0.25, 0.3) is 0 Å². The van der Waals surface area contributed by atoms with Crippen molar-refractivity contribution in [3.8, 4) is 0 Å². The quantitative estimate of drug-likeness (QED) is 0.899. The van der Waals surface area contributed by atoms with Gasteiger partial charge < -0.3 is 10.6 Å². The SMILES string of the molecule is Cc1ccc(NC(=O)CNc2cccc(F)c2)cc1Cl. The molecule has 0 aliphatic rings. The minimum Gasteiger partial charge on any atom is -0.376 e. The molecule has 0 bridgehead atoms. The Morgan fingerprint density at radius 3 is 2.70 bits per heavy atom. The normalized spacial score (nSPS) is 10.2. The van der Waals surface area contributed by atoms with Crippen molar-refractivity contribution in [2.75, 3.05) is 17.2 Å². The first-order valence-electron chi connectivity index (χ1n) is 6.10. The lowest BCUT2D eigenvalue weighted by Crippen LogP contribution is -2.21. The van der Waals surface area contributed by atoms with Crippen LogP contribution in [0.5, 0.6) is 0 Å². The van der Waals surface area contributed by atoms with Gasteiger partial charge in [-0.1, -0.05) is 23.7 Å². The van der Waals surface area contributed by atoms with Gasteiger partial charge in [-0.2, -0.15) is 0 Å². The summed E-state index contributed by atoms with van der Waals surface area (Å²) in [6.07, 6.45) is 0. The second-order valence-electron chi connectivity index (χ2n) is 4.38. The highest BCUT2D eigenvalue weighted by atomic mass is 35.5. The number of aryl methyl sites for hydroxylation is 1. The van der Waals surface area contributed by atoms with E-state index in [9.17, 15) is 9.18 Å². The van der Waals surface area contributed by atoms with Crippen molar-refractivity contribution in [1.29, 1.82) is 0 Å². The van der Waals surface area contributed by atoms with Crippen LogP contribution in [0.25, 0.3) is 0 Å². The molecule has 2 N–H and O–H groups in total. The summed E-state index contributed by atoms with van der Waals surface area (Å²) >= 11 is 5.98. The maximum atomic E-state index is 13.0. The molecule has 104 valence electrons. The monoisotopic (exact) mass is 292 g/mol. The van der Waals surface area contributed by atoms with Crippen LogP contribution in [0, 0.1) is 12.7 Å². The van der Waals surface area contributed by atoms with Gasteiger partial charge in [0.1, 0.15) is 5.82 Å². The maximum Gasteiger partial charge on any atom is 0.243 e. The molecule has 2 aromatic rings. The Bertz CT molecular complexity index is 631. The summed E-state index contributed by atoms with van der Waals surface area (Å²) in [7, 11) is 0. The Morgan fingerprint density at radius 1 is 1.20 bits per heavy atom. The minimum absolute atomic E-state index is 0.0505. The molecule has 0 unspecified atom stereocenters. The predicted octanol–water partition coefficient (Wildman–Crippen LogP) is 3.84. The van der Waals surface area contributed by atoms with E-state index in [0.717, 1.165) is 5.56 Å². The fourth-order valence-electron chi connectivity index (χ4n) is 1.66. The first-order valence-corrected chi connectivity index (χ1v) is 6.48. The molecule has 0 aliphatic heterocycles. The largest absolute Gasteiger partial charge is 0.376 e. The summed E-state index contributed by atoms with van der Waals surface area (Å²) in [4.78, 5) is 11.8. The highest BCUT2D eigenvalue weighted by Gasteiger charge is 2.04. The third kappa shape index (κ3) is 3.96. The van der Waals surface area contributed by atoms with Crippen molar-refractivity contribution >= 4 is 28.9 Å². The Labute approximate surface area is 121 Å². The van der Waals surface area contributed by atoms with Gasteiger partial charge in [0.15, 0.2) is 0 Å². The van der Waals surface area contributed by atoms with Gasteiger partial charge in [0.2, 0.25) is 5.91 Å². The zero-order valence-electron chi connectivity index (χ0n) is 10.9. The van der Waals surface area contributed by atoms with Gasteiger partial charge in [-0.25, -0.2) is 4.39 Å². The van der Waals surface area contributed by atoms with Crippen molar-refractivity contribution in [3.05, 3.63) is 58.9 Å². The average molecular weight is 293 g/mol. The second-order valence-corrected chi connectivity index (χ2v) is 4.78. The molecule has 0 spiro atoms. The third-order valence-corrected chi connectivity index (χ3v) is 3.14. The van der Waals surface area contributed by atoms with Crippen LogP contribution in [-0.2, 0) is 4.79 Å². The molecule has 2 rings (SSSR count). The van der Waals surface area contributed by atoms with Crippen molar-refractivity contribution < 1.29 is 9.18 Å². The first-order chi connectivity index (χ1) is 9.54. The molecule has 5 heteroatoms. The predicted molar refractivity (Wildman–Crippen MR) is 79.7 cm³/mol. The van der Waals surface area contributed by atoms with Crippen molar-refractivity contribution in [2.45, 2.75) is 6.92 Å². The number of hydrogen-bond donors (Lipinski definition) is 2. The number of carbonyl (C=O) groups is 1. The summed E-state index contributed by atoms with van der Waals surface area (Å²) in [6.45, 7) is 1.94. The molecule has 0 saturated carbocycles. The van der Waals surface area contributed by atoms with E-state index < -0.39 is 0 Å². The summed E-state index contributed by atoms with van der Waals surface area (Å²) in [5, 5.41) is 6.16. The fraction of sp³-hybridized carbons (Fsp3) is 0.133. The van der Waals surface area contributed by atoms with Crippen molar-refractivity contribution in [2.24, 2.45) is 0 Å². The van der Waals surface area contributed by atoms with Gasteiger partial charge in [-0.05, 0) is 42.8 Å². The van der Waals surface area contributed by atoms with Crippen molar-refractivity contribution in [1.82, 2.24) is 0 Å². The molecule has 0 saturated heterocycles. The number of nitrogens with one attached hydrogen (secondary N) is 2. The minimum atomic E-state index is -0.347. The van der Waals surface area contributed by atoms with E-state index in [-0.39, 0.29) is 18.3 Å². The average Bonchev–Trinajstić information content (AvgIpc) is 2.41. The van der Waals surface area contributed by atoms with Gasteiger partial charge in [0.05, 0.1) is 6.54 Å². The molecule has 3 nitrogen and oxygen atoms in total. The number of carbonyl (C=O) groups excluding carboxylic acids is 1. The topological polar surface area (TPSA) is 41.1 Å².